The van der Waals surface area contributed by atoms with Crippen LogP contribution in [0.25, 0.3) is 0 Å². The molecule has 162 valence electrons. The van der Waals surface area contributed by atoms with Crippen LogP contribution in [0.5, 0.6) is 0 Å². The van der Waals surface area contributed by atoms with E-state index in [1.165, 1.54) is 24.3 Å². The van der Waals surface area contributed by atoms with Crippen LogP contribution in [0.3, 0.4) is 0 Å². The molecule has 33 heavy (non-hydrogen) atoms. The molecule has 2 atom stereocenters. The number of aromatic carboxylic acids is 1. The number of carboxylic acid groups (broad SMARTS) is 1. The van der Waals surface area contributed by atoms with Gasteiger partial charge in [0.15, 0.2) is 0 Å². The molecule has 2 amide bonds. The first-order valence-electron chi connectivity index (χ1n) is 10.4. The van der Waals surface area contributed by atoms with E-state index in [1.807, 2.05) is 0 Å². The number of carboxylic acids is 1. The van der Waals surface area contributed by atoms with Crippen molar-refractivity contribution in [2.24, 2.45) is 11.8 Å². The van der Waals surface area contributed by atoms with E-state index in [2.05, 4.69) is 0 Å². The van der Waals surface area contributed by atoms with Crippen LogP contribution >= 0.6 is 0 Å². The largest absolute Gasteiger partial charge is 0.478 e. The number of carbonyl (C=O) groups excluding carboxylic acids is 2. The molecule has 4 aliphatic rings. The maximum atomic E-state index is 13.9. The van der Waals surface area contributed by atoms with Gasteiger partial charge >= 0.3 is 5.97 Å². The molecule has 8 nitrogen and oxygen atoms in total. The predicted molar refractivity (Wildman–Crippen MR) is 115 cm³/mol. The average molecular weight is 440 g/mol. The third-order valence-electron chi connectivity index (χ3n) is 7.24. The van der Waals surface area contributed by atoms with Crippen molar-refractivity contribution < 1.29 is 24.4 Å². The second kappa shape index (κ2) is 6.35. The third kappa shape index (κ3) is 2.12. The Bertz CT molecular complexity index is 1370. The highest BCUT2D eigenvalue weighted by atomic mass is 16.6. The van der Waals surface area contributed by atoms with Gasteiger partial charge in [0, 0.05) is 22.0 Å². The zero-order valence-corrected chi connectivity index (χ0v) is 17.0. The normalized spacial score (nSPS) is 26.5. The lowest BCUT2D eigenvalue weighted by Crippen LogP contribution is -2.57. The Labute approximate surface area is 187 Å². The second-order valence-corrected chi connectivity index (χ2v) is 8.51. The van der Waals surface area contributed by atoms with E-state index in [0.717, 1.165) is 4.90 Å². The van der Waals surface area contributed by atoms with E-state index in [4.69, 9.17) is 0 Å². The maximum Gasteiger partial charge on any atom is 0.337 e. The van der Waals surface area contributed by atoms with Crippen LogP contribution in [-0.4, -0.2) is 27.8 Å². The minimum atomic E-state index is -1.94. The van der Waals surface area contributed by atoms with Crippen molar-refractivity contribution in [3.8, 4) is 0 Å². The van der Waals surface area contributed by atoms with Gasteiger partial charge in [-0.3, -0.25) is 19.7 Å². The van der Waals surface area contributed by atoms with Gasteiger partial charge in [0.1, 0.15) is 5.92 Å². The number of para-hydroxylation sites is 1. The summed E-state index contributed by atoms with van der Waals surface area (Å²) >= 11 is 0. The molecule has 3 aliphatic carbocycles. The van der Waals surface area contributed by atoms with Crippen molar-refractivity contribution in [1.29, 1.82) is 0 Å². The van der Waals surface area contributed by atoms with E-state index in [9.17, 15) is 29.6 Å². The Kier molecular flexibility index (Phi) is 3.73. The van der Waals surface area contributed by atoms with Crippen LogP contribution in [-0.2, 0) is 15.1 Å². The fourth-order valence-electron chi connectivity index (χ4n) is 6.13. The van der Waals surface area contributed by atoms with Gasteiger partial charge < -0.3 is 5.11 Å². The molecule has 0 saturated carbocycles. The molecule has 0 spiro atoms. The molecule has 1 N–H and O–H groups in total. The Hall–Kier alpha value is -4.33. The van der Waals surface area contributed by atoms with E-state index >= 15 is 0 Å². The number of imide groups is 1. The molecule has 7 rings (SSSR count). The molecule has 0 radical (unpaired) electrons. The molecule has 3 aromatic rings. The van der Waals surface area contributed by atoms with Gasteiger partial charge in [0.2, 0.25) is 11.8 Å². The molecule has 0 unspecified atom stereocenters. The summed E-state index contributed by atoms with van der Waals surface area (Å²) in [4.78, 5) is 52.8. The summed E-state index contributed by atoms with van der Waals surface area (Å²) in [7, 11) is 0. The van der Waals surface area contributed by atoms with E-state index in [1.54, 1.807) is 48.5 Å². The zero-order valence-electron chi connectivity index (χ0n) is 17.0. The monoisotopic (exact) mass is 440 g/mol. The predicted octanol–water partition coefficient (Wildman–Crippen LogP) is 3.17. The lowest BCUT2D eigenvalue weighted by atomic mass is 9.51. The quantitative estimate of drug-likeness (QED) is 0.380. The molecular formula is C25H16N2O6. The highest BCUT2D eigenvalue weighted by molar-refractivity contribution is 6.25. The van der Waals surface area contributed by atoms with Gasteiger partial charge in [-0.25, -0.2) is 9.69 Å². The Morgan fingerprint density at radius 1 is 0.879 bits per heavy atom. The summed E-state index contributed by atoms with van der Waals surface area (Å²) in [6, 6.07) is 19.5. The van der Waals surface area contributed by atoms with Crippen molar-refractivity contribution in [3.05, 3.63) is 111 Å². The lowest BCUT2D eigenvalue weighted by molar-refractivity contribution is -0.578. The number of carbonyl (C=O) groups is 3. The molecule has 1 fully saturated rings. The van der Waals surface area contributed by atoms with Gasteiger partial charge in [-0.1, -0.05) is 60.7 Å². The molecule has 1 heterocycles. The van der Waals surface area contributed by atoms with Crippen molar-refractivity contribution in [2.75, 3.05) is 4.90 Å². The number of nitrogens with zero attached hydrogens (tertiary/aromatic N) is 2. The third-order valence-corrected chi connectivity index (χ3v) is 7.24. The number of benzene rings is 3. The topological polar surface area (TPSA) is 118 Å². The molecular weight excluding hydrogens is 424 g/mol. The summed E-state index contributed by atoms with van der Waals surface area (Å²) in [5, 5.41) is 22.5. The molecule has 1 aliphatic heterocycles. The first-order chi connectivity index (χ1) is 15.9. The zero-order chi connectivity index (χ0) is 23.1. The number of rotatable bonds is 3. The standard InChI is InChI=1S/C25H16N2O6/c28-22-20-19-13-7-1-4-10-16(13)25(27(32)33,17-11-5-2-8-14(17)19)21(20)23(29)26(22)18-12-6-3-9-15(18)24(30)31/h1-12,19-21H,(H,30,31)/t19?,20-,21-,25?/m1/s1. The summed E-state index contributed by atoms with van der Waals surface area (Å²) < 4.78 is 0. The highest BCUT2D eigenvalue weighted by Gasteiger charge is 2.75. The molecule has 3 aromatic carbocycles. The van der Waals surface area contributed by atoms with Crippen molar-refractivity contribution >= 4 is 23.5 Å². The smallest absolute Gasteiger partial charge is 0.337 e. The van der Waals surface area contributed by atoms with Crippen molar-refractivity contribution in [3.63, 3.8) is 0 Å². The molecule has 8 heteroatoms. The molecule has 0 aromatic heterocycles. The average Bonchev–Trinajstić information content (AvgIpc) is 3.09. The van der Waals surface area contributed by atoms with Crippen LogP contribution in [0, 0.1) is 22.0 Å². The minimum Gasteiger partial charge on any atom is -0.478 e. The van der Waals surface area contributed by atoms with Crippen molar-refractivity contribution in [1.82, 2.24) is 0 Å². The maximum absolute atomic E-state index is 13.9. The van der Waals surface area contributed by atoms with Crippen LogP contribution in [0.4, 0.5) is 5.69 Å². The van der Waals surface area contributed by atoms with Crippen LogP contribution in [0.2, 0.25) is 0 Å². The van der Waals surface area contributed by atoms with E-state index in [0.29, 0.717) is 22.3 Å². The number of anilines is 1. The van der Waals surface area contributed by atoms with E-state index in [-0.39, 0.29) is 11.3 Å². The first kappa shape index (κ1) is 19.4. The fraction of sp³-hybridized carbons (Fsp3) is 0.160. The van der Waals surface area contributed by atoms with Gasteiger partial charge in [-0.15, -0.1) is 0 Å². The van der Waals surface area contributed by atoms with Gasteiger partial charge in [0.05, 0.1) is 17.2 Å². The SMILES string of the molecule is O=C(O)c1ccccc1N1C(=O)[C@@H]2C3c4ccccc4C([N+](=O)[O-])(c4ccccc43)[C@H]2C1=O. The van der Waals surface area contributed by atoms with Crippen LogP contribution in [0.1, 0.15) is 38.5 Å². The summed E-state index contributed by atoms with van der Waals surface area (Å²) in [5.41, 5.74) is -0.0845. The second-order valence-electron chi connectivity index (χ2n) is 8.51. The molecule has 1 saturated heterocycles. The van der Waals surface area contributed by atoms with Gasteiger partial charge in [-0.05, 0) is 23.3 Å². The molecule has 2 bridgehead atoms. The fourth-order valence-corrected chi connectivity index (χ4v) is 6.13. The van der Waals surface area contributed by atoms with E-state index < -0.39 is 46.0 Å². The highest BCUT2D eigenvalue weighted by Crippen LogP contribution is 2.64. The Balaban J connectivity index is 1.67. The first-order valence-corrected chi connectivity index (χ1v) is 10.4. The number of nitro groups is 1. The summed E-state index contributed by atoms with van der Waals surface area (Å²) in [6.07, 6.45) is 0. The Morgan fingerprint density at radius 2 is 1.42 bits per heavy atom. The Morgan fingerprint density at radius 3 is 2.00 bits per heavy atom. The number of hydrogen-bond acceptors (Lipinski definition) is 5. The minimum absolute atomic E-state index is 0.0691. The summed E-state index contributed by atoms with van der Waals surface area (Å²) in [6.45, 7) is 0. The van der Waals surface area contributed by atoms with Gasteiger partial charge in [0.25, 0.3) is 5.54 Å². The number of hydrogen-bond donors (Lipinski definition) is 1. The van der Waals surface area contributed by atoms with Gasteiger partial charge in [-0.2, -0.15) is 0 Å². The summed E-state index contributed by atoms with van der Waals surface area (Å²) in [5.74, 6) is -5.48. The van der Waals surface area contributed by atoms with Crippen LogP contribution in [0.15, 0.2) is 72.8 Å². The lowest BCUT2D eigenvalue weighted by Gasteiger charge is -2.48. The van der Waals surface area contributed by atoms with Crippen molar-refractivity contribution in [2.45, 2.75) is 11.5 Å². The van der Waals surface area contributed by atoms with Crippen LogP contribution < -0.4 is 4.90 Å². The number of amides is 2.